The molecule has 0 aliphatic carbocycles. The minimum Gasteiger partial charge on any atom is -0.491 e. The molecule has 0 spiro atoms. The second-order valence-electron chi connectivity index (χ2n) is 5.55. The summed E-state index contributed by atoms with van der Waals surface area (Å²) in [4.78, 5) is 12.1. The van der Waals surface area contributed by atoms with Gasteiger partial charge in [-0.1, -0.05) is 6.07 Å². The molecule has 0 radical (unpaired) electrons. The van der Waals surface area contributed by atoms with Crippen molar-refractivity contribution in [3.8, 4) is 5.75 Å². The zero-order valence-corrected chi connectivity index (χ0v) is 12.8. The van der Waals surface area contributed by atoms with Gasteiger partial charge < -0.3 is 20.5 Å². The highest BCUT2D eigenvalue weighted by Gasteiger charge is 2.15. The summed E-state index contributed by atoms with van der Waals surface area (Å²) in [5.74, 6) is 0.577. The molecule has 1 atom stereocenters. The van der Waals surface area contributed by atoms with E-state index in [0.717, 1.165) is 25.2 Å². The van der Waals surface area contributed by atoms with Crippen molar-refractivity contribution in [3.05, 3.63) is 54.1 Å². The quantitative estimate of drug-likeness (QED) is 0.832. The Kier molecular flexibility index (Phi) is 4.78. The van der Waals surface area contributed by atoms with Gasteiger partial charge in [0.2, 0.25) is 0 Å². The van der Waals surface area contributed by atoms with Crippen molar-refractivity contribution in [1.82, 2.24) is 0 Å². The standard InChI is InChI=1S/C18H20N2O3/c19-14-4-1-3-13(11-14)18(21)20-15-6-8-16(9-7-15)23-12-17-5-2-10-22-17/h1,3-4,6-9,11,17H,2,5,10,12,19H2,(H,20,21). The number of hydrogen-bond donors (Lipinski definition) is 2. The molecule has 120 valence electrons. The van der Waals surface area contributed by atoms with Crippen LogP contribution in [0.4, 0.5) is 11.4 Å². The zero-order chi connectivity index (χ0) is 16.1. The fourth-order valence-electron chi connectivity index (χ4n) is 2.48. The Bertz CT molecular complexity index is 664. The van der Waals surface area contributed by atoms with Gasteiger partial charge in [-0.3, -0.25) is 4.79 Å². The van der Waals surface area contributed by atoms with Gasteiger partial charge in [0.05, 0.1) is 6.10 Å². The highest BCUT2D eigenvalue weighted by molar-refractivity contribution is 6.04. The number of carbonyl (C=O) groups is 1. The molecular weight excluding hydrogens is 292 g/mol. The molecule has 1 saturated heterocycles. The Hall–Kier alpha value is -2.53. The summed E-state index contributed by atoms with van der Waals surface area (Å²) < 4.78 is 11.2. The van der Waals surface area contributed by atoms with E-state index in [0.29, 0.717) is 23.5 Å². The molecule has 3 N–H and O–H groups in total. The third kappa shape index (κ3) is 4.23. The van der Waals surface area contributed by atoms with Gasteiger partial charge in [-0.25, -0.2) is 0 Å². The van der Waals surface area contributed by atoms with Crippen LogP contribution in [0.15, 0.2) is 48.5 Å². The minimum atomic E-state index is -0.190. The molecule has 1 fully saturated rings. The summed E-state index contributed by atoms with van der Waals surface area (Å²) in [5, 5.41) is 2.84. The first-order valence-corrected chi connectivity index (χ1v) is 7.72. The van der Waals surface area contributed by atoms with Gasteiger partial charge in [0, 0.05) is 23.5 Å². The number of hydrogen-bond acceptors (Lipinski definition) is 4. The van der Waals surface area contributed by atoms with Crippen molar-refractivity contribution < 1.29 is 14.3 Å². The van der Waals surface area contributed by atoms with Crippen LogP contribution < -0.4 is 15.8 Å². The maximum Gasteiger partial charge on any atom is 0.255 e. The molecule has 1 amide bonds. The van der Waals surface area contributed by atoms with E-state index in [2.05, 4.69) is 5.32 Å². The van der Waals surface area contributed by atoms with E-state index in [1.54, 1.807) is 24.3 Å². The van der Waals surface area contributed by atoms with Crippen LogP contribution in [0.3, 0.4) is 0 Å². The topological polar surface area (TPSA) is 73.6 Å². The molecule has 5 heteroatoms. The maximum atomic E-state index is 12.1. The lowest BCUT2D eigenvalue weighted by Crippen LogP contribution is -2.16. The van der Waals surface area contributed by atoms with E-state index in [1.807, 2.05) is 24.3 Å². The third-order valence-corrected chi connectivity index (χ3v) is 3.72. The van der Waals surface area contributed by atoms with E-state index in [1.165, 1.54) is 0 Å². The lowest BCUT2D eigenvalue weighted by Gasteiger charge is -2.12. The highest BCUT2D eigenvalue weighted by Crippen LogP contribution is 2.19. The lowest BCUT2D eigenvalue weighted by molar-refractivity contribution is 0.0679. The number of ether oxygens (including phenoxy) is 2. The summed E-state index contributed by atoms with van der Waals surface area (Å²) in [5.41, 5.74) is 7.49. The van der Waals surface area contributed by atoms with Crippen LogP contribution in [0.25, 0.3) is 0 Å². The number of carbonyl (C=O) groups excluding carboxylic acids is 1. The number of amides is 1. The van der Waals surface area contributed by atoms with Crippen molar-refractivity contribution in [3.63, 3.8) is 0 Å². The van der Waals surface area contributed by atoms with Crippen LogP contribution in [0.5, 0.6) is 5.75 Å². The Morgan fingerprint density at radius 2 is 2.09 bits per heavy atom. The number of nitrogens with two attached hydrogens (primary N) is 1. The number of nitrogens with one attached hydrogen (secondary N) is 1. The molecule has 5 nitrogen and oxygen atoms in total. The van der Waals surface area contributed by atoms with Crippen LogP contribution in [0.2, 0.25) is 0 Å². The largest absolute Gasteiger partial charge is 0.491 e. The molecule has 1 unspecified atom stereocenters. The molecule has 1 aliphatic heterocycles. The number of nitrogen functional groups attached to an aromatic ring is 1. The molecule has 3 rings (SSSR count). The highest BCUT2D eigenvalue weighted by atomic mass is 16.5. The number of rotatable bonds is 5. The SMILES string of the molecule is Nc1cccc(C(=O)Nc2ccc(OCC3CCCO3)cc2)c1. The van der Waals surface area contributed by atoms with Gasteiger partial charge in [-0.15, -0.1) is 0 Å². The third-order valence-electron chi connectivity index (χ3n) is 3.72. The zero-order valence-electron chi connectivity index (χ0n) is 12.8. The van der Waals surface area contributed by atoms with Crippen LogP contribution in [0.1, 0.15) is 23.2 Å². The van der Waals surface area contributed by atoms with Crippen molar-refractivity contribution in [2.75, 3.05) is 24.3 Å². The second kappa shape index (κ2) is 7.15. The number of anilines is 2. The fourth-order valence-corrected chi connectivity index (χ4v) is 2.48. The molecular formula is C18H20N2O3. The van der Waals surface area contributed by atoms with E-state index < -0.39 is 0 Å². The van der Waals surface area contributed by atoms with Gasteiger partial charge in [0.25, 0.3) is 5.91 Å². The number of benzene rings is 2. The van der Waals surface area contributed by atoms with Crippen molar-refractivity contribution in [2.45, 2.75) is 18.9 Å². The molecule has 0 aromatic heterocycles. The second-order valence-corrected chi connectivity index (χ2v) is 5.55. The van der Waals surface area contributed by atoms with Gasteiger partial charge in [-0.05, 0) is 55.3 Å². The van der Waals surface area contributed by atoms with Gasteiger partial charge in [0.1, 0.15) is 12.4 Å². The predicted octanol–water partition coefficient (Wildman–Crippen LogP) is 3.08. The Balaban J connectivity index is 1.55. The first-order valence-electron chi connectivity index (χ1n) is 7.72. The monoisotopic (exact) mass is 312 g/mol. The average Bonchev–Trinajstić information content (AvgIpc) is 3.08. The summed E-state index contributed by atoms with van der Waals surface area (Å²) in [6.07, 6.45) is 2.34. The van der Waals surface area contributed by atoms with Gasteiger partial charge in [-0.2, -0.15) is 0 Å². The molecule has 0 bridgehead atoms. The lowest BCUT2D eigenvalue weighted by atomic mass is 10.2. The molecule has 2 aromatic rings. The van der Waals surface area contributed by atoms with Crippen LogP contribution in [-0.4, -0.2) is 25.2 Å². The summed E-state index contributed by atoms with van der Waals surface area (Å²) in [6, 6.07) is 14.2. The Labute approximate surface area is 135 Å². The van der Waals surface area contributed by atoms with Crippen molar-refractivity contribution in [1.29, 1.82) is 0 Å². The van der Waals surface area contributed by atoms with Crippen molar-refractivity contribution in [2.24, 2.45) is 0 Å². The van der Waals surface area contributed by atoms with E-state index in [-0.39, 0.29) is 12.0 Å². The smallest absolute Gasteiger partial charge is 0.255 e. The fraction of sp³-hybridized carbons (Fsp3) is 0.278. The van der Waals surface area contributed by atoms with Crippen LogP contribution in [-0.2, 0) is 4.74 Å². The van der Waals surface area contributed by atoms with Gasteiger partial charge in [0.15, 0.2) is 0 Å². The minimum absolute atomic E-state index is 0.190. The first kappa shape index (κ1) is 15.4. The normalized spacial score (nSPS) is 17.0. The first-order chi connectivity index (χ1) is 11.2. The van der Waals surface area contributed by atoms with E-state index in [4.69, 9.17) is 15.2 Å². The van der Waals surface area contributed by atoms with Crippen molar-refractivity contribution >= 4 is 17.3 Å². The Morgan fingerprint density at radius 3 is 2.78 bits per heavy atom. The summed E-state index contributed by atoms with van der Waals surface area (Å²) >= 11 is 0. The van der Waals surface area contributed by atoms with Gasteiger partial charge >= 0.3 is 0 Å². The summed E-state index contributed by atoms with van der Waals surface area (Å²) in [6.45, 7) is 1.39. The molecule has 23 heavy (non-hydrogen) atoms. The van der Waals surface area contributed by atoms with E-state index >= 15 is 0 Å². The predicted molar refractivity (Wildman–Crippen MR) is 89.7 cm³/mol. The molecule has 2 aromatic carbocycles. The molecule has 0 saturated carbocycles. The molecule has 1 heterocycles. The average molecular weight is 312 g/mol. The maximum absolute atomic E-state index is 12.1. The van der Waals surface area contributed by atoms with E-state index in [9.17, 15) is 4.79 Å². The van der Waals surface area contributed by atoms with Crippen LogP contribution >= 0.6 is 0 Å². The van der Waals surface area contributed by atoms with Crippen LogP contribution in [0, 0.1) is 0 Å². The molecule has 1 aliphatic rings. The summed E-state index contributed by atoms with van der Waals surface area (Å²) in [7, 11) is 0. The Morgan fingerprint density at radius 1 is 1.26 bits per heavy atom.